The smallest absolute Gasteiger partial charge is 0.404 e. The van der Waals surface area contributed by atoms with Gasteiger partial charge in [-0.05, 0) is 49.9 Å². The number of carboxylic acid groups (broad SMARTS) is 1. The molecule has 1 fully saturated rings. The Morgan fingerprint density at radius 1 is 1.03 bits per heavy atom. The van der Waals surface area contributed by atoms with Gasteiger partial charge in [0.1, 0.15) is 17.2 Å². The minimum Gasteiger partial charge on any atom is -0.508 e. The van der Waals surface area contributed by atoms with Crippen molar-refractivity contribution in [2.24, 2.45) is 5.92 Å². The second-order valence-electron chi connectivity index (χ2n) is 6.94. The van der Waals surface area contributed by atoms with Gasteiger partial charge in [0, 0.05) is 35.8 Å². The maximum Gasteiger partial charge on any atom is 0.404 e. The number of carbonyl (C=O) groups excluding carboxylic acids is 1. The van der Waals surface area contributed by atoms with Gasteiger partial charge in [0.25, 0.3) is 0 Å². The van der Waals surface area contributed by atoms with Crippen LogP contribution in [0.15, 0.2) is 42.5 Å². The lowest BCUT2D eigenvalue weighted by atomic mass is 9.85. The number of nitrogens with one attached hydrogen (secondary N) is 2. The van der Waals surface area contributed by atoms with Crippen LogP contribution >= 0.6 is 0 Å². The molecule has 8 nitrogen and oxygen atoms in total. The largest absolute Gasteiger partial charge is 0.508 e. The summed E-state index contributed by atoms with van der Waals surface area (Å²) < 4.78 is 5.69. The van der Waals surface area contributed by atoms with Crippen LogP contribution in [0, 0.1) is 17.2 Å². The highest BCUT2D eigenvalue weighted by atomic mass is 16.5. The topological polar surface area (TPSA) is 132 Å². The number of nitrogens with zero attached hydrogens (tertiary/aromatic N) is 1. The van der Waals surface area contributed by atoms with E-state index in [2.05, 4.69) is 10.6 Å². The third kappa shape index (κ3) is 5.62. The minimum atomic E-state index is -1.05. The van der Waals surface area contributed by atoms with Gasteiger partial charge in [0.05, 0.1) is 11.6 Å². The molecular weight excluding hydrogens is 374 g/mol. The first-order chi connectivity index (χ1) is 13.9. The third-order valence-corrected chi connectivity index (χ3v) is 4.80. The van der Waals surface area contributed by atoms with Crippen molar-refractivity contribution in [1.82, 2.24) is 5.32 Å². The summed E-state index contributed by atoms with van der Waals surface area (Å²) in [4.78, 5) is 23.3. The predicted octanol–water partition coefficient (Wildman–Crippen LogP) is 3.82. The molecule has 4 N–H and O–H groups in total. The molecule has 0 spiro atoms. The highest BCUT2D eigenvalue weighted by Crippen LogP contribution is 2.31. The van der Waals surface area contributed by atoms with Crippen molar-refractivity contribution in [2.75, 3.05) is 5.32 Å². The lowest BCUT2D eigenvalue weighted by Gasteiger charge is -2.27. The summed E-state index contributed by atoms with van der Waals surface area (Å²) >= 11 is 0. The Kier molecular flexibility index (Phi) is 6.19. The molecule has 0 saturated heterocycles. The molecule has 29 heavy (non-hydrogen) atoms. The SMILES string of the molecule is N#Cc1ccc(Oc2cc(O)cc(NC(=O)C3CCC(NC(=O)O)CC3)c2)cc1. The minimum absolute atomic E-state index is 0.0548. The van der Waals surface area contributed by atoms with Crippen LogP contribution in [0.25, 0.3) is 0 Å². The average Bonchev–Trinajstić information content (AvgIpc) is 2.68. The number of ether oxygens (including phenoxy) is 1. The number of aromatic hydroxyl groups is 1. The molecule has 1 aliphatic rings. The van der Waals surface area contributed by atoms with Crippen molar-refractivity contribution < 1.29 is 24.5 Å². The Hall–Kier alpha value is -3.73. The van der Waals surface area contributed by atoms with Gasteiger partial charge in [-0.15, -0.1) is 0 Å². The van der Waals surface area contributed by atoms with Crippen LogP contribution in [-0.2, 0) is 4.79 Å². The van der Waals surface area contributed by atoms with E-state index in [0.717, 1.165) is 0 Å². The summed E-state index contributed by atoms with van der Waals surface area (Å²) in [5.41, 5.74) is 0.916. The van der Waals surface area contributed by atoms with E-state index < -0.39 is 6.09 Å². The first kappa shape index (κ1) is 20.0. The fraction of sp³-hybridized carbons (Fsp3) is 0.286. The van der Waals surface area contributed by atoms with E-state index in [1.807, 2.05) is 6.07 Å². The Morgan fingerprint density at radius 2 is 1.72 bits per heavy atom. The number of nitriles is 1. The van der Waals surface area contributed by atoms with E-state index in [-0.39, 0.29) is 23.6 Å². The molecular formula is C21H21N3O5. The first-order valence-corrected chi connectivity index (χ1v) is 9.25. The van der Waals surface area contributed by atoms with Crippen LogP contribution in [0.5, 0.6) is 17.2 Å². The normalized spacial score (nSPS) is 18.3. The molecule has 2 aromatic rings. The fourth-order valence-corrected chi connectivity index (χ4v) is 3.37. The number of phenols is 1. The third-order valence-electron chi connectivity index (χ3n) is 4.80. The highest BCUT2D eigenvalue weighted by Gasteiger charge is 2.27. The quantitative estimate of drug-likeness (QED) is 0.608. The number of anilines is 1. The summed E-state index contributed by atoms with van der Waals surface area (Å²) in [7, 11) is 0. The van der Waals surface area contributed by atoms with E-state index in [1.54, 1.807) is 30.3 Å². The van der Waals surface area contributed by atoms with Crippen LogP contribution in [0.4, 0.5) is 10.5 Å². The number of phenolic OH excluding ortho intramolecular Hbond substituents is 1. The summed E-state index contributed by atoms with van der Waals surface area (Å²) in [6.07, 6.45) is 1.34. The molecule has 3 rings (SSSR count). The second-order valence-corrected chi connectivity index (χ2v) is 6.94. The van der Waals surface area contributed by atoms with Gasteiger partial charge < -0.3 is 25.6 Å². The predicted molar refractivity (Wildman–Crippen MR) is 105 cm³/mol. The van der Waals surface area contributed by atoms with E-state index in [1.165, 1.54) is 12.1 Å². The average molecular weight is 395 g/mol. The van der Waals surface area contributed by atoms with Crippen LogP contribution in [0.3, 0.4) is 0 Å². The molecule has 0 aliphatic heterocycles. The monoisotopic (exact) mass is 395 g/mol. The zero-order chi connectivity index (χ0) is 20.8. The molecule has 0 heterocycles. The zero-order valence-electron chi connectivity index (χ0n) is 15.6. The van der Waals surface area contributed by atoms with Crippen LogP contribution < -0.4 is 15.4 Å². The standard InChI is InChI=1S/C21H21N3O5/c22-12-13-1-7-18(8-2-13)29-19-10-16(9-17(25)11-19)23-20(26)14-3-5-15(6-4-14)24-21(27)28/h1-2,7-11,14-15,24-25H,3-6H2,(H,23,26)(H,27,28). The van der Waals surface area contributed by atoms with Gasteiger partial charge >= 0.3 is 6.09 Å². The van der Waals surface area contributed by atoms with Crippen molar-refractivity contribution >= 4 is 17.7 Å². The summed E-state index contributed by atoms with van der Waals surface area (Å²) in [6, 6.07) is 12.9. The zero-order valence-corrected chi connectivity index (χ0v) is 15.6. The van der Waals surface area contributed by atoms with Gasteiger partial charge in [-0.25, -0.2) is 4.79 Å². The van der Waals surface area contributed by atoms with E-state index in [4.69, 9.17) is 15.1 Å². The first-order valence-electron chi connectivity index (χ1n) is 9.25. The Bertz CT molecular complexity index is 928. The number of carbonyl (C=O) groups is 2. The number of amides is 2. The number of hydrogen-bond donors (Lipinski definition) is 4. The van der Waals surface area contributed by atoms with Crippen LogP contribution in [-0.4, -0.2) is 28.3 Å². The molecule has 0 unspecified atom stereocenters. The molecule has 1 aliphatic carbocycles. The lowest BCUT2D eigenvalue weighted by molar-refractivity contribution is -0.120. The van der Waals surface area contributed by atoms with Crippen LogP contribution in [0.1, 0.15) is 31.2 Å². The molecule has 8 heteroatoms. The van der Waals surface area contributed by atoms with Gasteiger partial charge in [0.15, 0.2) is 0 Å². The molecule has 0 atom stereocenters. The van der Waals surface area contributed by atoms with E-state index in [0.29, 0.717) is 48.4 Å². The number of rotatable bonds is 5. The summed E-state index contributed by atoms with van der Waals surface area (Å²) in [5.74, 6) is 0.400. The van der Waals surface area contributed by atoms with E-state index >= 15 is 0 Å². The van der Waals surface area contributed by atoms with Crippen molar-refractivity contribution in [3.05, 3.63) is 48.0 Å². The van der Waals surface area contributed by atoms with Crippen molar-refractivity contribution in [2.45, 2.75) is 31.7 Å². The maximum absolute atomic E-state index is 12.5. The van der Waals surface area contributed by atoms with Crippen LogP contribution in [0.2, 0.25) is 0 Å². The molecule has 2 amide bonds. The molecule has 150 valence electrons. The maximum atomic E-state index is 12.5. The van der Waals surface area contributed by atoms with Crippen molar-refractivity contribution in [1.29, 1.82) is 5.26 Å². The highest BCUT2D eigenvalue weighted by molar-refractivity contribution is 5.93. The number of benzene rings is 2. The van der Waals surface area contributed by atoms with Gasteiger partial charge in [-0.2, -0.15) is 5.26 Å². The van der Waals surface area contributed by atoms with Crippen molar-refractivity contribution in [3.63, 3.8) is 0 Å². The molecule has 0 bridgehead atoms. The van der Waals surface area contributed by atoms with Gasteiger partial charge in [-0.3, -0.25) is 4.79 Å². The molecule has 0 aromatic heterocycles. The summed E-state index contributed by atoms with van der Waals surface area (Å²) in [6.45, 7) is 0. The summed E-state index contributed by atoms with van der Waals surface area (Å²) in [5, 5.41) is 32.8. The second kappa shape index (κ2) is 8.97. The molecule has 0 radical (unpaired) electrons. The number of hydrogen-bond acceptors (Lipinski definition) is 5. The van der Waals surface area contributed by atoms with E-state index in [9.17, 15) is 14.7 Å². The van der Waals surface area contributed by atoms with Crippen molar-refractivity contribution in [3.8, 4) is 23.3 Å². The molecule has 1 saturated carbocycles. The Labute approximate surface area is 167 Å². The van der Waals surface area contributed by atoms with Gasteiger partial charge in [0.2, 0.25) is 5.91 Å². The fourth-order valence-electron chi connectivity index (χ4n) is 3.37. The van der Waals surface area contributed by atoms with Gasteiger partial charge in [-0.1, -0.05) is 0 Å². The Morgan fingerprint density at radius 3 is 2.34 bits per heavy atom. The Balaban J connectivity index is 1.61. The lowest BCUT2D eigenvalue weighted by Crippen LogP contribution is -2.38. The molecule has 2 aromatic carbocycles.